The number of anilines is 1. The van der Waals surface area contributed by atoms with Crippen LogP contribution in [0.2, 0.25) is 5.02 Å². The van der Waals surface area contributed by atoms with Crippen LogP contribution in [-0.4, -0.2) is 44.3 Å². The number of hydrogen-bond acceptors (Lipinski definition) is 4. The summed E-state index contributed by atoms with van der Waals surface area (Å²) in [6.07, 6.45) is 0.971. The average molecular weight is 646 g/mol. The van der Waals surface area contributed by atoms with Gasteiger partial charge in [-0.05, 0) is 85.8 Å². The fourth-order valence-electron chi connectivity index (χ4n) is 5.21. The molecule has 45 heavy (non-hydrogen) atoms. The lowest BCUT2D eigenvalue weighted by Gasteiger charge is -2.34. The van der Waals surface area contributed by atoms with Crippen molar-refractivity contribution in [3.05, 3.63) is 130 Å². The Balaban J connectivity index is 1.82. The number of halogens is 1. The molecule has 0 aliphatic rings. The standard InChI is InChI=1S/C36H40ClN3O4S/c1-5-18-38-36(42)34(23-29-10-7-6-8-11-29)39(24-30-12-9-13-31(37)22-30)35(41)25-40(32-20-27(3)19-28(4)21-32)45(43,44)33-16-14-26(2)15-17-33/h6-17,19-22,34H,5,18,23-25H2,1-4H3,(H,38,42)/t34-/m1/s1. The number of carbonyl (C=O) groups is 2. The molecule has 0 unspecified atom stereocenters. The van der Waals surface area contributed by atoms with Crippen LogP contribution in [0.4, 0.5) is 5.69 Å². The molecule has 236 valence electrons. The minimum absolute atomic E-state index is 0.0572. The Bertz CT molecular complexity index is 1710. The van der Waals surface area contributed by atoms with E-state index in [1.54, 1.807) is 54.6 Å². The van der Waals surface area contributed by atoms with Crippen LogP contribution in [0, 0.1) is 20.8 Å². The van der Waals surface area contributed by atoms with Crippen LogP contribution >= 0.6 is 11.6 Å². The highest BCUT2D eigenvalue weighted by Crippen LogP contribution is 2.27. The molecule has 7 nitrogen and oxygen atoms in total. The molecule has 0 spiro atoms. The first kappa shape index (κ1) is 33.7. The van der Waals surface area contributed by atoms with Gasteiger partial charge in [-0.15, -0.1) is 0 Å². The summed E-state index contributed by atoms with van der Waals surface area (Å²) in [5.74, 6) is -0.826. The highest BCUT2D eigenvalue weighted by molar-refractivity contribution is 7.92. The lowest BCUT2D eigenvalue weighted by Crippen LogP contribution is -2.53. The largest absolute Gasteiger partial charge is 0.354 e. The van der Waals surface area contributed by atoms with E-state index in [0.29, 0.717) is 17.3 Å². The zero-order valence-electron chi connectivity index (χ0n) is 26.2. The third kappa shape index (κ3) is 8.96. The first-order valence-corrected chi connectivity index (χ1v) is 16.8. The SMILES string of the molecule is CCCNC(=O)[C@@H](Cc1ccccc1)N(Cc1cccc(Cl)c1)C(=O)CN(c1cc(C)cc(C)c1)S(=O)(=O)c1ccc(C)cc1. The molecular formula is C36H40ClN3O4S. The summed E-state index contributed by atoms with van der Waals surface area (Å²) >= 11 is 6.31. The van der Waals surface area contributed by atoms with Crippen LogP contribution in [0.5, 0.6) is 0 Å². The van der Waals surface area contributed by atoms with Gasteiger partial charge in [-0.25, -0.2) is 8.42 Å². The van der Waals surface area contributed by atoms with Gasteiger partial charge in [-0.3, -0.25) is 13.9 Å². The van der Waals surface area contributed by atoms with Gasteiger partial charge in [0.15, 0.2) is 0 Å². The Kier molecular flexibility index (Phi) is 11.4. The van der Waals surface area contributed by atoms with E-state index in [0.717, 1.165) is 38.5 Å². The number of benzene rings is 4. The van der Waals surface area contributed by atoms with Crippen LogP contribution in [0.25, 0.3) is 0 Å². The molecule has 0 aliphatic carbocycles. The third-order valence-electron chi connectivity index (χ3n) is 7.44. The molecule has 4 aromatic rings. The molecule has 9 heteroatoms. The van der Waals surface area contributed by atoms with Gasteiger partial charge in [-0.1, -0.05) is 84.8 Å². The summed E-state index contributed by atoms with van der Waals surface area (Å²) in [4.78, 5) is 29.8. The van der Waals surface area contributed by atoms with Crippen LogP contribution < -0.4 is 9.62 Å². The molecule has 0 bridgehead atoms. The van der Waals surface area contributed by atoms with Crippen molar-refractivity contribution in [1.82, 2.24) is 10.2 Å². The lowest BCUT2D eigenvalue weighted by atomic mass is 10.0. The zero-order valence-corrected chi connectivity index (χ0v) is 27.7. The van der Waals surface area contributed by atoms with Crippen LogP contribution in [0.3, 0.4) is 0 Å². The van der Waals surface area contributed by atoms with E-state index in [2.05, 4.69) is 5.32 Å². The van der Waals surface area contributed by atoms with Crippen molar-refractivity contribution in [2.24, 2.45) is 0 Å². The molecule has 0 saturated heterocycles. The zero-order chi connectivity index (χ0) is 32.6. The first-order chi connectivity index (χ1) is 21.5. The van der Waals surface area contributed by atoms with E-state index in [-0.39, 0.29) is 23.8 Å². The minimum Gasteiger partial charge on any atom is -0.354 e. The van der Waals surface area contributed by atoms with Gasteiger partial charge < -0.3 is 10.2 Å². The highest BCUT2D eigenvalue weighted by atomic mass is 35.5. The van der Waals surface area contributed by atoms with E-state index in [1.165, 1.54) is 4.90 Å². The number of carbonyl (C=O) groups excluding carboxylic acids is 2. The summed E-state index contributed by atoms with van der Waals surface area (Å²) in [5, 5.41) is 3.45. The fourth-order valence-corrected chi connectivity index (χ4v) is 6.82. The summed E-state index contributed by atoms with van der Waals surface area (Å²) in [6, 6.07) is 27.7. The van der Waals surface area contributed by atoms with Gasteiger partial charge in [0, 0.05) is 24.5 Å². The van der Waals surface area contributed by atoms with Crippen molar-refractivity contribution in [3.8, 4) is 0 Å². The molecule has 4 rings (SSSR count). The molecule has 2 amide bonds. The molecule has 1 N–H and O–H groups in total. The molecule has 0 fully saturated rings. The topological polar surface area (TPSA) is 86.8 Å². The molecule has 0 saturated carbocycles. The van der Waals surface area contributed by atoms with Crippen LogP contribution in [-0.2, 0) is 32.6 Å². The van der Waals surface area contributed by atoms with Crippen molar-refractivity contribution < 1.29 is 18.0 Å². The molecule has 0 radical (unpaired) electrons. The van der Waals surface area contributed by atoms with Crippen LogP contribution in [0.15, 0.2) is 102 Å². The van der Waals surface area contributed by atoms with Gasteiger partial charge in [0.25, 0.3) is 10.0 Å². The second-order valence-corrected chi connectivity index (χ2v) is 13.6. The first-order valence-electron chi connectivity index (χ1n) is 15.0. The average Bonchev–Trinajstić information content (AvgIpc) is 3.00. The van der Waals surface area contributed by atoms with Crippen molar-refractivity contribution in [1.29, 1.82) is 0 Å². The minimum atomic E-state index is -4.17. The number of nitrogens with zero attached hydrogens (tertiary/aromatic N) is 2. The van der Waals surface area contributed by atoms with E-state index in [4.69, 9.17) is 11.6 Å². The second kappa shape index (κ2) is 15.2. The summed E-state index contributed by atoms with van der Waals surface area (Å²) in [6.45, 7) is 7.60. The molecule has 0 aliphatic heterocycles. The quantitative estimate of drug-likeness (QED) is 0.177. The Morgan fingerprint density at radius 1 is 0.800 bits per heavy atom. The number of nitrogens with one attached hydrogen (secondary N) is 1. The van der Waals surface area contributed by atoms with E-state index >= 15 is 0 Å². The molecular weight excluding hydrogens is 606 g/mol. The summed E-state index contributed by atoms with van der Waals surface area (Å²) < 4.78 is 29.6. The lowest BCUT2D eigenvalue weighted by molar-refractivity contribution is -0.140. The Morgan fingerprint density at radius 3 is 2.07 bits per heavy atom. The second-order valence-electron chi connectivity index (χ2n) is 11.3. The van der Waals surface area contributed by atoms with Crippen LogP contribution in [0.1, 0.15) is 41.2 Å². The van der Waals surface area contributed by atoms with Crippen molar-refractivity contribution >= 4 is 39.1 Å². The molecule has 1 atom stereocenters. The van der Waals surface area contributed by atoms with E-state index < -0.39 is 28.5 Å². The number of sulfonamides is 1. The maximum Gasteiger partial charge on any atom is 0.264 e. The normalized spacial score (nSPS) is 11.9. The summed E-state index contributed by atoms with van der Waals surface area (Å²) in [5.41, 5.74) is 4.60. The van der Waals surface area contributed by atoms with Gasteiger partial charge >= 0.3 is 0 Å². The number of rotatable bonds is 13. The van der Waals surface area contributed by atoms with Crippen molar-refractivity contribution in [2.45, 2.75) is 58.0 Å². The Morgan fingerprint density at radius 2 is 1.44 bits per heavy atom. The van der Waals surface area contributed by atoms with E-state index in [9.17, 15) is 18.0 Å². The van der Waals surface area contributed by atoms with Gasteiger partial charge in [0.2, 0.25) is 11.8 Å². The number of aryl methyl sites for hydroxylation is 3. The highest BCUT2D eigenvalue weighted by Gasteiger charge is 2.34. The third-order valence-corrected chi connectivity index (χ3v) is 9.47. The maximum absolute atomic E-state index is 14.5. The van der Waals surface area contributed by atoms with Gasteiger partial charge in [0.05, 0.1) is 10.6 Å². The summed E-state index contributed by atoms with van der Waals surface area (Å²) in [7, 11) is -4.17. The number of amides is 2. The van der Waals surface area contributed by atoms with Gasteiger partial charge in [0.1, 0.15) is 12.6 Å². The van der Waals surface area contributed by atoms with Gasteiger partial charge in [-0.2, -0.15) is 0 Å². The molecule has 0 heterocycles. The Labute approximate surface area is 271 Å². The molecule has 0 aromatic heterocycles. The molecule has 4 aromatic carbocycles. The predicted octanol–water partition coefficient (Wildman–Crippen LogP) is 6.63. The number of hydrogen-bond donors (Lipinski definition) is 1. The van der Waals surface area contributed by atoms with Crippen molar-refractivity contribution in [3.63, 3.8) is 0 Å². The monoisotopic (exact) mass is 645 g/mol. The smallest absolute Gasteiger partial charge is 0.264 e. The maximum atomic E-state index is 14.5. The predicted molar refractivity (Wildman–Crippen MR) is 181 cm³/mol. The van der Waals surface area contributed by atoms with Crippen molar-refractivity contribution in [2.75, 3.05) is 17.4 Å². The van der Waals surface area contributed by atoms with E-state index in [1.807, 2.05) is 70.2 Å². The fraction of sp³-hybridized carbons (Fsp3) is 0.278. The Hall–Kier alpha value is -4.14.